The second-order valence-corrected chi connectivity index (χ2v) is 5.05. The summed E-state index contributed by atoms with van der Waals surface area (Å²) in [6.07, 6.45) is 4.42. The van der Waals surface area contributed by atoms with Gasteiger partial charge in [-0.3, -0.25) is 4.79 Å². The van der Waals surface area contributed by atoms with Gasteiger partial charge in [0.25, 0.3) is 0 Å². The van der Waals surface area contributed by atoms with Crippen LogP contribution < -0.4 is 0 Å². The Hall–Kier alpha value is -0.530. The van der Waals surface area contributed by atoms with Crippen molar-refractivity contribution in [1.82, 2.24) is 0 Å². The summed E-state index contributed by atoms with van der Waals surface area (Å²) < 4.78 is 5.52. The molecular weight excluding hydrogens is 164 g/mol. The zero-order chi connectivity index (χ0) is 10.1. The lowest BCUT2D eigenvalue weighted by Crippen LogP contribution is -2.44. The Morgan fingerprint density at radius 1 is 1.23 bits per heavy atom. The molecule has 1 rings (SSSR count). The highest BCUT2D eigenvalue weighted by Gasteiger charge is 2.46. The number of carbonyl (C=O) groups is 1. The van der Waals surface area contributed by atoms with Crippen LogP contribution in [0.2, 0.25) is 0 Å². The lowest BCUT2D eigenvalue weighted by Gasteiger charge is -2.40. The van der Waals surface area contributed by atoms with Crippen LogP contribution in [0.15, 0.2) is 0 Å². The Bertz CT molecular complexity index is 195. The van der Waals surface area contributed by atoms with E-state index in [-0.39, 0.29) is 17.0 Å². The Labute approximate surface area is 80.7 Å². The quantitative estimate of drug-likeness (QED) is 0.586. The van der Waals surface area contributed by atoms with Crippen LogP contribution in [0.3, 0.4) is 0 Å². The minimum atomic E-state index is -0.196. The number of ether oxygens (including phenoxy) is 1. The molecule has 0 heterocycles. The van der Waals surface area contributed by atoms with Gasteiger partial charge in [-0.1, -0.05) is 20.8 Å². The highest BCUT2D eigenvalue weighted by Crippen LogP contribution is 2.46. The van der Waals surface area contributed by atoms with Gasteiger partial charge in [-0.15, -0.1) is 0 Å². The Balaban J connectivity index is 2.81. The van der Waals surface area contributed by atoms with E-state index in [9.17, 15) is 4.79 Å². The van der Waals surface area contributed by atoms with Crippen LogP contribution in [0.25, 0.3) is 0 Å². The number of rotatable bonds is 1. The van der Waals surface area contributed by atoms with Crippen molar-refractivity contribution in [2.45, 2.75) is 59.0 Å². The predicted molar refractivity (Wildman–Crippen MR) is 52.4 cm³/mol. The van der Waals surface area contributed by atoms with Crippen LogP contribution >= 0.6 is 0 Å². The van der Waals surface area contributed by atoms with E-state index >= 15 is 0 Å². The van der Waals surface area contributed by atoms with E-state index in [1.165, 1.54) is 19.8 Å². The van der Waals surface area contributed by atoms with Crippen molar-refractivity contribution in [2.75, 3.05) is 0 Å². The van der Waals surface area contributed by atoms with Crippen LogP contribution in [-0.4, -0.2) is 11.6 Å². The highest BCUT2D eigenvalue weighted by molar-refractivity contribution is 5.66. The maximum Gasteiger partial charge on any atom is 0.303 e. The first kappa shape index (κ1) is 10.6. The van der Waals surface area contributed by atoms with Gasteiger partial charge in [-0.25, -0.2) is 0 Å². The fraction of sp³-hybridized carbons (Fsp3) is 0.909. The molecule has 13 heavy (non-hydrogen) atoms. The fourth-order valence-corrected chi connectivity index (χ4v) is 2.23. The molecule has 0 atom stereocenters. The maximum atomic E-state index is 11.0. The topological polar surface area (TPSA) is 26.3 Å². The van der Waals surface area contributed by atoms with Gasteiger partial charge in [0.05, 0.1) is 0 Å². The average Bonchev–Trinajstić information content (AvgIpc) is 2.33. The third-order valence-electron chi connectivity index (χ3n) is 3.12. The normalized spacial score (nSPS) is 21.5. The second kappa shape index (κ2) is 3.32. The van der Waals surface area contributed by atoms with Gasteiger partial charge in [0.2, 0.25) is 0 Å². The molecule has 1 aliphatic carbocycles. The van der Waals surface area contributed by atoms with Crippen molar-refractivity contribution < 1.29 is 9.53 Å². The summed E-state index contributed by atoms with van der Waals surface area (Å²) >= 11 is 0. The molecule has 0 bridgehead atoms. The summed E-state index contributed by atoms with van der Waals surface area (Å²) in [4.78, 5) is 11.0. The molecule has 0 spiro atoms. The van der Waals surface area contributed by atoms with Gasteiger partial charge < -0.3 is 4.74 Å². The minimum absolute atomic E-state index is 0.0647. The SMILES string of the molecule is CC(=O)OC1(C(C)(C)C)CCCC1. The lowest BCUT2D eigenvalue weighted by atomic mass is 9.75. The molecule has 0 radical (unpaired) electrons. The summed E-state index contributed by atoms with van der Waals surface area (Å²) in [5.41, 5.74) is -0.131. The standard InChI is InChI=1S/C11H20O2/c1-9(12)13-11(10(2,3)4)7-5-6-8-11/h5-8H2,1-4H3. The first-order valence-corrected chi connectivity index (χ1v) is 5.07. The third kappa shape index (κ3) is 2.04. The van der Waals surface area contributed by atoms with E-state index in [0.29, 0.717) is 0 Å². The van der Waals surface area contributed by atoms with Gasteiger partial charge in [0.15, 0.2) is 0 Å². The molecule has 76 valence electrons. The van der Waals surface area contributed by atoms with Crippen LogP contribution in [-0.2, 0) is 9.53 Å². The zero-order valence-electron chi connectivity index (χ0n) is 9.14. The Kier molecular flexibility index (Phi) is 2.69. The molecule has 2 heteroatoms. The summed E-state index contributed by atoms with van der Waals surface area (Å²) in [5.74, 6) is -0.142. The lowest BCUT2D eigenvalue weighted by molar-refractivity contribution is -0.169. The summed E-state index contributed by atoms with van der Waals surface area (Å²) in [7, 11) is 0. The third-order valence-corrected chi connectivity index (χ3v) is 3.12. The van der Waals surface area contributed by atoms with E-state index in [1.54, 1.807) is 0 Å². The monoisotopic (exact) mass is 184 g/mol. The fourth-order valence-electron chi connectivity index (χ4n) is 2.23. The smallest absolute Gasteiger partial charge is 0.303 e. The number of hydrogen-bond donors (Lipinski definition) is 0. The zero-order valence-corrected chi connectivity index (χ0v) is 9.14. The van der Waals surface area contributed by atoms with Crippen LogP contribution in [0.1, 0.15) is 53.4 Å². The molecule has 0 aromatic carbocycles. The van der Waals surface area contributed by atoms with Gasteiger partial charge in [-0.05, 0) is 25.7 Å². The highest BCUT2D eigenvalue weighted by atomic mass is 16.6. The largest absolute Gasteiger partial charge is 0.459 e. The summed E-state index contributed by atoms with van der Waals surface area (Å²) in [6, 6.07) is 0. The molecule has 0 aliphatic heterocycles. The second-order valence-electron chi connectivity index (χ2n) is 5.05. The number of hydrogen-bond acceptors (Lipinski definition) is 2. The van der Waals surface area contributed by atoms with Crippen LogP contribution in [0.5, 0.6) is 0 Å². The van der Waals surface area contributed by atoms with Gasteiger partial charge >= 0.3 is 5.97 Å². The molecule has 0 N–H and O–H groups in total. The van der Waals surface area contributed by atoms with E-state index < -0.39 is 0 Å². The van der Waals surface area contributed by atoms with Gasteiger partial charge in [0.1, 0.15) is 5.60 Å². The molecule has 0 unspecified atom stereocenters. The Morgan fingerprint density at radius 3 is 2.00 bits per heavy atom. The van der Waals surface area contributed by atoms with Crippen molar-refractivity contribution >= 4 is 5.97 Å². The van der Waals surface area contributed by atoms with E-state index in [2.05, 4.69) is 20.8 Å². The van der Waals surface area contributed by atoms with Crippen molar-refractivity contribution in [3.63, 3.8) is 0 Å². The van der Waals surface area contributed by atoms with E-state index in [0.717, 1.165) is 12.8 Å². The molecule has 2 nitrogen and oxygen atoms in total. The maximum absolute atomic E-state index is 11.0. The molecule has 0 amide bonds. The average molecular weight is 184 g/mol. The Morgan fingerprint density at radius 2 is 1.69 bits per heavy atom. The molecule has 0 aromatic rings. The van der Waals surface area contributed by atoms with Crippen molar-refractivity contribution in [2.24, 2.45) is 5.41 Å². The van der Waals surface area contributed by atoms with Gasteiger partial charge in [0, 0.05) is 12.3 Å². The van der Waals surface area contributed by atoms with Crippen molar-refractivity contribution in [3.8, 4) is 0 Å². The first-order valence-electron chi connectivity index (χ1n) is 5.07. The molecule has 1 fully saturated rings. The molecule has 0 aromatic heterocycles. The van der Waals surface area contributed by atoms with Crippen molar-refractivity contribution in [1.29, 1.82) is 0 Å². The molecular formula is C11H20O2. The van der Waals surface area contributed by atoms with Crippen LogP contribution in [0.4, 0.5) is 0 Å². The minimum Gasteiger partial charge on any atom is -0.459 e. The van der Waals surface area contributed by atoms with Gasteiger partial charge in [-0.2, -0.15) is 0 Å². The van der Waals surface area contributed by atoms with E-state index in [4.69, 9.17) is 4.74 Å². The summed E-state index contributed by atoms with van der Waals surface area (Å²) in [5, 5.41) is 0. The number of carbonyl (C=O) groups excluding carboxylic acids is 1. The number of esters is 1. The van der Waals surface area contributed by atoms with Crippen molar-refractivity contribution in [3.05, 3.63) is 0 Å². The predicted octanol–water partition coefficient (Wildman–Crippen LogP) is 2.91. The summed E-state index contributed by atoms with van der Waals surface area (Å²) in [6.45, 7) is 7.97. The molecule has 0 saturated heterocycles. The van der Waals surface area contributed by atoms with Crippen LogP contribution in [0, 0.1) is 5.41 Å². The first-order chi connectivity index (χ1) is 5.87. The molecule has 1 aliphatic rings. The van der Waals surface area contributed by atoms with E-state index in [1.807, 2.05) is 0 Å². The molecule has 1 saturated carbocycles.